The Labute approximate surface area is 130 Å². The number of fused-ring (bicyclic) bond motifs is 1. The third-order valence-corrected chi connectivity index (χ3v) is 3.78. The van der Waals surface area contributed by atoms with E-state index in [1.165, 1.54) is 17.7 Å². The second-order valence-electron chi connectivity index (χ2n) is 4.77. The van der Waals surface area contributed by atoms with Gasteiger partial charge in [-0.3, -0.25) is 0 Å². The molecule has 0 unspecified atom stereocenters. The van der Waals surface area contributed by atoms with Crippen molar-refractivity contribution in [1.29, 1.82) is 0 Å². The largest absolute Gasteiger partial charge is 0.493 e. The molecule has 0 amide bonds. The van der Waals surface area contributed by atoms with Crippen LogP contribution in [-0.2, 0) is 13.0 Å². The van der Waals surface area contributed by atoms with Crippen molar-refractivity contribution in [3.63, 3.8) is 0 Å². The van der Waals surface area contributed by atoms with Crippen LogP contribution in [-0.4, -0.2) is 17.7 Å². The lowest BCUT2D eigenvalue weighted by Crippen LogP contribution is -2.00. The van der Waals surface area contributed by atoms with E-state index >= 15 is 0 Å². The molecule has 1 aliphatic rings. The van der Waals surface area contributed by atoms with Crippen LogP contribution in [0.1, 0.15) is 21.5 Å². The minimum absolute atomic E-state index is 0.244. The minimum Gasteiger partial charge on any atom is -0.493 e. The lowest BCUT2D eigenvalue weighted by atomic mass is 10.1. The molecule has 3 rings (SSSR count). The van der Waals surface area contributed by atoms with Crippen molar-refractivity contribution in [1.82, 2.24) is 0 Å². The topological polar surface area (TPSA) is 55.8 Å². The van der Waals surface area contributed by atoms with Crippen molar-refractivity contribution in [2.75, 3.05) is 6.61 Å². The van der Waals surface area contributed by atoms with Gasteiger partial charge in [0, 0.05) is 16.5 Å². The molecule has 0 saturated carbocycles. The number of carbonyl (C=O) groups is 1. The number of benzene rings is 2. The summed E-state index contributed by atoms with van der Waals surface area (Å²) in [5.74, 6) is 0.590. The summed E-state index contributed by atoms with van der Waals surface area (Å²) < 4.78 is 12.4. The Hall–Kier alpha value is -2.01. The lowest BCUT2D eigenvalue weighted by Gasteiger charge is -2.11. The highest BCUT2D eigenvalue weighted by Crippen LogP contribution is 2.33. The van der Waals surface area contributed by atoms with Crippen LogP contribution in [0.4, 0.5) is 0 Å². The summed E-state index contributed by atoms with van der Waals surface area (Å²) in [4.78, 5) is 10.8. The molecule has 2 aromatic rings. The van der Waals surface area contributed by atoms with E-state index in [1.807, 2.05) is 6.07 Å². The molecule has 0 radical (unpaired) electrons. The molecule has 0 aromatic heterocycles. The smallest absolute Gasteiger partial charge is 0.335 e. The van der Waals surface area contributed by atoms with Gasteiger partial charge in [-0.15, -0.1) is 0 Å². The van der Waals surface area contributed by atoms with Crippen LogP contribution in [0.3, 0.4) is 0 Å². The number of rotatable bonds is 4. The number of carboxylic acid groups (broad SMARTS) is 1. The fraction of sp³-hybridized carbons (Fsp3) is 0.188. The Kier molecular flexibility index (Phi) is 3.84. The standard InChI is InChI=1S/C16H13BrO4/c17-13-7-11-5-6-20-15(11)12(8-13)9-21-14-3-1-10(2-4-14)16(18)19/h1-4,7-8H,5-6,9H2,(H,18,19). The van der Waals surface area contributed by atoms with Crippen LogP contribution in [0.2, 0.25) is 0 Å². The first-order valence-corrected chi connectivity index (χ1v) is 7.33. The molecule has 1 aliphatic heterocycles. The third-order valence-electron chi connectivity index (χ3n) is 3.32. The molecule has 5 heteroatoms. The summed E-state index contributed by atoms with van der Waals surface area (Å²) in [7, 11) is 0. The van der Waals surface area contributed by atoms with Crippen molar-refractivity contribution in [3.8, 4) is 11.5 Å². The van der Waals surface area contributed by atoms with Gasteiger partial charge in [0.05, 0.1) is 12.2 Å². The molecular formula is C16H13BrO4. The van der Waals surface area contributed by atoms with E-state index in [2.05, 4.69) is 22.0 Å². The molecule has 0 atom stereocenters. The predicted octanol–water partition coefficient (Wildman–Crippen LogP) is 3.66. The summed E-state index contributed by atoms with van der Waals surface area (Å²) in [6, 6.07) is 10.4. The summed E-state index contributed by atoms with van der Waals surface area (Å²) in [5.41, 5.74) is 2.41. The van der Waals surface area contributed by atoms with E-state index in [0.717, 1.165) is 22.2 Å². The van der Waals surface area contributed by atoms with Gasteiger partial charge in [0.2, 0.25) is 0 Å². The van der Waals surface area contributed by atoms with E-state index in [9.17, 15) is 4.79 Å². The zero-order valence-electron chi connectivity index (χ0n) is 11.1. The van der Waals surface area contributed by atoms with E-state index in [0.29, 0.717) is 19.0 Å². The van der Waals surface area contributed by atoms with Gasteiger partial charge in [0.15, 0.2) is 0 Å². The first kappa shape index (κ1) is 13.9. The second-order valence-corrected chi connectivity index (χ2v) is 5.69. The monoisotopic (exact) mass is 348 g/mol. The van der Waals surface area contributed by atoms with Crippen molar-refractivity contribution in [3.05, 3.63) is 57.6 Å². The Balaban J connectivity index is 1.75. The highest BCUT2D eigenvalue weighted by Gasteiger charge is 2.17. The summed E-state index contributed by atoms with van der Waals surface area (Å²) >= 11 is 3.49. The molecule has 2 aromatic carbocycles. The fourth-order valence-electron chi connectivity index (χ4n) is 2.31. The van der Waals surface area contributed by atoms with Crippen LogP contribution in [0.15, 0.2) is 40.9 Å². The Morgan fingerprint density at radius 2 is 2.05 bits per heavy atom. The van der Waals surface area contributed by atoms with Gasteiger partial charge in [-0.25, -0.2) is 4.79 Å². The van der Waals surface area contributed by atoms with E-state index in [1.54, 1.807) is 12.1 Å². The predicted molar refractivity (Wildman–Crippen MR) is 81.1 cm³/mol. The minimum atomic E-state index is -0.945. The Morgan fingerprint density at radius 1 is 1.29 bits per heavy atom. The van der Waals surface area contributed by atoms with Gasteiger partial charge in [0.1, 0.15) is 18.1 Å². The summed E-state index contributed by atoms with van der Waals surface area (Å²) in [6.45, 7) is 1.08. The van der Waals surface area contributed by atoms with E-state index in [-0.39, 0.29) is 5.56 Å². The van der Waals surface area contributed by atoms with E-state index in [4.69, 9.17) is 14.6 Å². The van der Waals surface area contributed by atoms with Gasteiger partial charge in [-0.1, -0.05) is 15.9 Å². The molecule has 108 valence electrons. The van der Waals surface area contributed by atoms with Gasteiger partial charge in [-0.2, -0.15) is 0 Å². The molecule has 4 nitrogen and oxygen atoms in total. The SMILES string of the molecule is O=C(O)c1ccc(OCc2cc(Br)cc3c2OCC3)cc1. The Bertz CT molecular complexity index is 679. The zero-order chi connectivity index (χ0) is 14.8. The highest BCUT2D eigenvalue weighted by molar-refractivity contribution is 9.10. The molecule has 1 heterocycles. The first-order valence-electron chi connectivity index (χ1n) is 6.54. The fourth-order valence-corrected chi connectivity index (χ4v) is 2.86. The summed E-state index contributed by atoms with van der Waals surface area (Å²) in [5, 5.41) is 8.86. The summed E-state index contributed by atoms with van der Waals surface area (Å²) in [6.07, 6.45) is 0.912. The maximum absolute atomic E-state index is 10.8. The quantitative estimate of drug-likeness (QED) is 0.915. The molecule has 0 spiro atoms. The maximum Gasteiger partial charge on any atom is 0.335 e. The van der Waals surface area contributed by atoms with E-state index < -0.39 is 5.97 Å². The second kappa shape index (κ2) is 5.77. The zero-order valence-corrected chi connectivity index (χ0v) is 12.7. The number of aromatic carboxylic acids is 1. The molecule has 0 fully saturated rings. The number of hydrogen-bond acceptors (Lipinski definition) is 3. The van der Waals surface area contributed by atoms with Gasteiger partial charge >= 0.3 is 5.97 Å². The van der Waals surface area contributed by atoms with Crippen molar-refractivity contribution in [2.45, 2.75) is 13.0 Å². The van der Waals surface area contributed by atoms with Crippen molar-refractivity contribution >= 4 is 21.9 Å². The average molecular weight is 349 g/mol. The Morgan fingerprint density at radius 3 is 2.76 bits per heavy atom. The molecular weight excluding hydrogens is 336 g/mol. The van der Waals surface area contributed by atoms with Crippen LogP contribution in [0.5, 0.6) is 11.5 Å². The van der Waals surface area contributed by atoms with Crippen LogP contribution >= 0.6 is 15.9 Å². The number of ether oxygens (including phenoxy) is 2. The number of hydrogen-bond donors (Lipinski definition) is 1. The van der Waals surface area contributed by atoms with Crippen LogP contribution in [0, 0.1) is 0 Å². The van der Waals surface area contributed by atoms with Crippen molar-refractivity contribution in [2.24, 2.45) is 0 Å². The average Bonchev–Trinajstić information content (AvgIpc) is 2.93. The maximum atomic E-state index is 10.8. The first-order chi connectivity index (χ1) is 10.1. The highest BCUT2D eigenvalue weighted by atomic mass is 79.9. The van der Waals surface area contributed by atoms with Crippen molar-refractivity contribution < 1.29 is 19.4 Å². The molecule has 0 saturated heterocycles. The van der Waals surface area contributed by atoms with Gasteiger partial charge < -0.3 is 14.6 Å². The molecule has 21 heavy (non-hydrogen) atoms. The third kappa shape index (κ3) is 3.03. The lowest BCUT2D eigenvalue weighted by molar-refractivity contribution is 0.0697. The molecule has 0 bridgehead atoms. The van der Waals surface area contributed by atoms with Crippen LogP contribution < -0.4 is 9.47 Å². The molecule has 0 aliphatic carbocycles. The number of halogens is 1. The van der Waals surface area contributed by atoms with Gasteiger partial charge in [0.25, 0.3) is 0 Å². The normalized spacial score (nSPS) is 12.6. The molecule has 1 N–H and O–H groups in total. The van der Waals surface area contributed by atoms with Crippen LogP contribution in [0.25, 0.3) is 0 Å². The van der Waals surface area contributed by atoms with Gasteiger partial charge in [-0.05, 0) is 42.0 Å². The number of carboxylic acids is 1.